The van der Waals surface area contributed by atoms with Gasteiger partial charge in [0, 0.05) is 17.0 Å². The van der Waals surface area contributed by atoms with Crippen LogP contribution in [0.3, 0.4) is 0 Å². The third kappa shape index (κ3) is 3.47. The Labute approximate surface area is 114 Å². The zero-order chi connectivity index (χ0) is 13.8. The van der Waals surface area contributed by atoms with Crippen LogP contribution >= 0.6 is 11.8 Å². The van der Waals surface area contributed by atoms with Gasteiger partial charge in [0.1, 0.15) is 6.04 Å². The van der Waals surface area contributed by atoms with Crippen LogP contribution in [0.2, 0.25) is 0 Å². The molecule has 2 rings (SSSR count). The van der Waals surface area contributed by atoms with E-state index < -0.39 is 11.9 Å². The molecule has 0 saturated carbocycles. The lowest BCUT2D eigenvalue weighted by atomic mass is 10.2. The SMILES string of the molecule is NC(=O)c1ccc(NC(=O)C2CSCC(=O)N2)cc1. The number of anilines is 1. The Morgan fingerprint density at radius 1 is 1.32 bits per heavy atom. The molecule has 1 aromatic carbocycles. The highest BCUT2D eigenvalue weighted by Crippen LogP contribution is 2.13. The number of nitrogens with two attached hydrogens (primary N) is 1. The van der Waals surface area contributed by atoms with Crippen molar-refractivity contribution in [1.29, 1.82) is 0 Å². The van der Waals surface area contributed by atoms with Crippen molar-refractivity contribution >= 4 is 35.2 Å². The van der Waals surface area contributed by atoms with Gasteiger partial charge in [0.05, 0.1) is 5.75 Å². The summed E-state index contributed by atoms with van der Waals surface area (Å²) in [6.45, 7) is 0. The number of nitrogens with one attached hydrogen (secondary N) is 2. The van der Waals surface area contributed by atoms with Gasteiger partial charge in [-0.1, -0.05) is 0 Å². The number of carbonyl (C=O) groups excluding carboxylic acids is 3. The molecule has 1 aliphatic heterocycles. The molecule has 4 N–H and O–H groups in total. The smallest absolute Gasteiger partial charge is 0.248 e. The minimum atomic E-state index is -0.526. The van der Waals surface area contributed by atoms with Gasteiger partial charge in [-0.3, -0.25) is 14.4 Å². The van der Waals surface area contributed by atoms with E-state index in [1.54, 1.807) is 12.1 Å². The summed E-state index contributed by atoms with van der Waals surface area (Å²) in [7, 11) is 0. The summed E-state index contributed by atoms with van der Waals surface area (Å²) in [6.07, 6.45) is 0. The first-order valence-corrected chi connectivity index (χ1v) is 6.79. The lowest BCUT2D eigenvalue weighted by molar-refractivity contribution is -0.124. The molecule has 0 aliphatic carbocycles. The molecule has 1 aliphatic rings. The van der Waals surface area contributed by atoms with Gasteiger partial charge in [0.15, 0.2) is 0 Å². The van der Waals surface area contributed by atoms with Crippen LogP contribution in [0.25, 0.3) is 0 Å². The van der Waals surface area contributed by atoms with E-state index in [1.165, 1.54) is 23.9 Å². The van der Waals surface area contributed by atoms with Crippen molar-refractivity contribution in [2.75, 3.05) is 16.8 Å². The Kier molecular flexibility index (Phi) is 4.06. The minimum absolute atomic E-state index is 0.138. The molecule has 1 fully saturated rings. The Bertz CT molecular complexity index is 515. The second kappa shape index (κ2) is 5.75. The van der Waals surface area contributed by atoms with Crippen molar-refractivity contribution < 1.29 is 14.4 Å². The molecule has 19 heavy (non-hydrogen) atoms. The van der Waals surface area contributed by atoms with Crippen molar-refractivity contribution in [2.24, 2.45) is 5.73 Å². The summed E-state index contributed by atoms with van der Waals surface area (Å²) in [5.74, 6) is 0.00952. The maximum atomic E-state index is 11.9. The molecular formula is C12H13N3O3S. The Balaban J connectivity index is 1.98. The van der Waals surface area contributed by atoms with Crippen molar-refractivity contribution in [2.45, 2.75) is 6.04 Å². The Morgan fingerprint density at radius 3 is 2.58 bits per heavy atom. The third-order valence-electron chi connectivity index (χ3n) is 2.61. The van der Waals surface area contributed by atoms with Gasteiger partial charge in [-0.15, -0.1) is 11.8 Å². The molecule has 0 bridgehead atoms. The number of thioether (sulfide) groups is 1. The van der Waals surface area contributed by atoms with E-state index in [0.717, 1.165) is 0 Å². The number of amides is 3. The highest BCUT2D eigenvalue weighted by molar-refractivity contribution is 8.00. The largest absolute Gasteiger partial charge is 0.366 e. The summed E-state index contributed by atoms with van der Waals surface area (Å²) in [5, 5.41) is 5.30. The summed E-state index contributed by atoms with van der Waals surface area (Å²) in [6, 6.07) is 5.73. The predicted octanol–water partition coefficient (Wildman–Crippen LogP) is -0.0444. The van der Waals surface area contributed by atoms with Crippen LogP contribution in [0.15, 0.2) is 24.3 Å². The zero-order valence-electron chi connectivity index (χ0n) is 10.0. The molecule has 100 valence electrons. The van der Waals surface area contributed by atoms with Gasteiger partial charge in [-0.05, 0) is 24.3 Å². The summed E-state index contributed by atoms with van der Waals surface area (Å²) >= 11 is 1.42. The van der Waals surface area contributed by atoms with Gasteiger partial charge in [0.25, 0.3) is 0 Å². The normalized spacial score (nSPS) is 18.5. The van der Waals surface area contributed by atoms with E-state index in [9.17, 15) is 14.4 Å². The lowest BCUT2D eigenvalue weighted by Gasteiger charge is -2.22. The van der Waals surface area contributed by atoms with Crippen molar-refractivity contribution in [3.05, 3.63) is 29.8 Å². The fourth-order valence-corrected chi connectivity index (χ4v) is 2.49. The first-order chi connectivity index (χ1) is 9.06. The van der Waals surface area contributed by atoms with Gasteiger partial charge < -0.3 is 16.4 Å². The van der Waals surface area contributed by atoms with Gasteiger partial charge in [0.2, 0.25) is 17.7 Å². The molecule has 1 unspecified atom stereocenters. The first kappa shape index (κ1) is 13.4. The molecule has 1 heterocycles. The van der Waals surface area contributed by atoms with Gasteiger partial charge in [-0.25, -0.2) is 0 Å². The average Bonchev–Trinajstić information content (AvgIpc) is 2.39. The molecule has 0 aromatic heterocycles. The molecule has 7 heteroatoms. The molecular weight excluding hydrogens is 266 g/mol. The highest BCUT2D eigenvalue weighted by Gasteiger charge is 2.24. The number of primary amides is 1. The molecule has 1 atom stereocenters. The Morgan fingerprint density at radius 2 is 2.00 bits per heavy atom. The molecule has 0 radical (unpaired) electrons. The summed E-state index contributed by atoms with van der Waals surface area (Å²) in [5.41, 5.74) is 6.05. The van der Waals surface area contributed by atoms with Crippen LogP contribution in [0.1, 0.15) is 10.4 Å². The average molecular weight is 279 g/mol. The molecule has 3 amide bonds. The van der Waals surface area contributed by atoms with Gasteiger partial charge in [-0.2, -0.15) is 0 Å². The molecule has 1 saturated heterocycles. The first-order valence-electron chi connectivity index (χ1n) is 5.64. The standard InChI is InChI=1S/C12H13N3O3S/c13-11(17)7-1-3-8(4-2-7)14-12(18)9-5-19-6-10(16)15-9/h1-4,9H,5-6H2,(H2,13,17)(H,14,18)(H,15,16). The fourth-order valence-electron chi connectivity index (χ4n) is 1.64. The maximum Gasteiger partial charge on any atom is 0.248 e. The second-order valence-corrected chi connectivity index (χ2v) is 5.10. The lowest BCUT2D eigenvalue weighted by Crippen LogP contribution is -2.49. The van der Waals surface area contributed by atoms with Crippen molar-refractivity contribution in [3.63, 3.8) is 0 Å². The number of rotatable bonds is 3. The summed E-state index contributed by atoms with van der Waals surface area (Å²) < 4.78 is 0. The van der Waals surface area contributed by atoms with E-state index >= 15 is 0 Å². The monoisotopic (exact) mass is 279 g/mol. The second-order valence-electron chi connectivity index (χ2n) is 4.07. The number of hydrogen-bond acceptors (Lipinski definition) is 4. The third-order valence-corrected chi connectivity index (χ3v) is 3.64. The van der Waals surface area contributed by atoms with E-state index in [-0.39, 0.29) is 11.8 Å². The highest BCUT2D eigenvalue weighted by atomic mass is 32.2. The summed E-state index contributed by atoms with van der Waals surface area (Å²) in [4.78, 5) is 34.0. The minimum Gasteiger partial charge on any atom is -0.366 e. The quantitative estimate of drug-likeness (QED) is 0.722. The van der Waals surface area contributed by atoms with E-state index in [4.69, 9.17) is 5.73 Å². The van der Waals surface area contributed by atoms with Crippen molar-refractivity contribution in [3.8, 4) is 0 Å². The van der Waals surface area contributed by atoms with Crippen LogP contribution in [-0.4, -0.2) is 35.3 Å². The zero-order valence-corrected chi connectivity index (χ0v) is 10.8. The number of hydrogen-bond donors (Lipinski definition) is 3. The van der Waals surface area contributed by atoms with Crippen molar-refractivity contribution in [1.82, 2.24) is 5.32 Å². The van der Waals surface area contributed by atoms with E-state index in [2.05, 4.69) is 10.6 Å². The fraction of sp³-hybridized carbons (Fsp3) is 0.250. The van der Waals surface area contributed by atoms with E-state index in [1.807, 2.05) is 0 Å². The number of carbonyl (C=O) groups is 3. The van der Waals surface area contributed by atoms with E-state index in [0.29, 0.717) is 22.8 Å². The number of benzene rings is 1. The van der Waals surface area contributed by atoms with Crippen LogP contribution in [-0.2, 0) is 9.59 Å². The Hall–Kier alpha value is -2.02. The van der Waals surface area contributed by atoms with Crippen LogP contribution in [0.5, 0.6) is 0 Å². The maximum absolute atomic E-state index is 11.9. The van der Waals surface area contributed by atoms with Gasteiger partial charge >= 0.3 is 0 Å². The molecule has 0 spiro atoms. The topological polar surface area (TPSA) is 101 Å². The van der Waals surface area contributed by atoms with Crippen LogP contribution in [0.4, 0.5) is 5.69 Å². The molecule has 6 nitrogen and oxygen atoms in total. The molecule has 1 aromatic rings. The van der Waals surface area contributed by atoms with Crippen LogP contribution < -0.4 is 16.4 Å². The predicted molar refractivity (Wildman–Crippen MR) is 72.8 cm³/mol. The van der Waals surface area contributed by atoms with Crippen LogP contribution in [0, 0.1) is 0 Å².